The predicted molar refractivity (Wildman–Crippen MR) is 82.1 cm³/mol. The largest absolute Gasteiger partial charge is 0.300 e. The summed E-state index contributed by atoms with van der Waals surface area (Å²) in [6.07, 6.45) is 6.44. The number of ketones is 2. The summed E-state index contributed by atoms with van der Waals surface area (Å²) in [5.41, 5.74) is -1.78. The van der Waals surface area contributed by atoms with Crippen molar-refractivity contribution in [1.82, 2.24) is 0 Å². The van der Waals surface area contributed by atoms with Gasteiger partial charge in [0.15, 0.2) is 0 Å². The molecule has 22 heavy (non-hydrogen) atoms. The summed E-state index contributed by atoms with van der Waals surface area (Å²) in [7, 11) is 0. The molecule has 4 aliphatic rings. The van der Waals surface area contributed by atoms with E-state index in [1.807, 2.05) is 0 Å². The lowest BCUT2D eigenvalue weighted by Crippen LogP contribution is -2.63. The lowest BCUT2D eigenvalue weighted by molar-refractivity contribution is -0.190. The second kappa shape index (κ2) is 4.42. The van der Waals surface area contributed by atoms with Gasteiger partial charge in [0, 0.05) is 30.1 Å². The Morgan fingerprint density at radius 2 is 1.73 bits per heavy atom. The molecule has 0 heterocycles. The number of carbonyl (C=O) groups excluding carboxylic acids is 2. The maximum absolute atomic E-state index is 16.4. The molecule has 0 radical (unpaired) electrons. The number of alkyl halides is 1. The highest BCUT2D eigenvalue weighted by Crippen LogP contribution is 2.68. The van der Waals surface area contributed by atoms with Crippen LogP contribution < -0.4 is 0 Å². The topological polar surface area (TPSA) is 34.1 Å². The molecule has 122 valence electrons. The van der Waals surface area contributed by atoms with Crippen molar-refractivity contribution in [3.63, 3.8) is 0 Å². The zero-order valence-corrected chi connectivity index (χ0v) is 13.8. The molecule has 3 heteroatoms. The van der Waals surface area contributed by atoms with Crippen LogP contribution in [0.25, 0.3) is 0 Å². The van der Waals surface area contributed by atoms with Gasteiger partial charge in [-0.15, -0.1) is 0 Å². The first kappa shape index (κ1) is 14.8. The number of carbonyl (C=O) groups is 2. The van der Waals surface area contributed by atoms with E-state index >= 15 is 4.39 Å². The van der Waals surface area contributed by atoms with Crippen LogP contribution in [0.2, 0.25) is 0 Å². The molecule has 1 unspecified atom stereocenters. The minimum atomic E-state index is -1.16. The molecular weight excluding hydrogens is 279 g/mol. The third kappa shape index (κ3) is 1.61. The number of hydrogen-bond donors (Lipinski definition) is 0. The Hall–Kier alpha value is -0.730. The minimum absolute atomic E-state index is 0.0344. The Bertz CT molecular complexity index is 544. The highest BCUT2D eigenvalue weighted by atomic mass is 19.1. The monoisotopic (exact) mass is 306 g/mol. The lowest BCUT2D eigenvalue weighted by atomic mass is 9.44. The van der Waals surface area contributed by atoms with Gasteiger partial charge in [-0.25, -0.2) is 4.39 Å². The van der Waals surface area contributed by atoms with Crippen molar-refractivity contribution in [2.75, 3.05) is 0 Å². The molecule has 6 atom stereocenters. The number of fused-ring (bicyclic) bond motifs is 5. The average Bonchev–Trinajstić information content (AvgIpc) is 2.77. The van der Waals surface area contributed by atoms with Gasteiger partial charge in [0.25, 0.3) is 0 Å². The maximum atomic E-state index is 16.4. The summed E-state index contributed by atoms with van der Waals surface area (Å²) in [5, 5.41) is 0. The van der Waals surface area contributed by atoms with Gasteiger partial charge in [0.1, 0.15) is 17.2 Å². The fourth-order valence-corrected chi connectivity index (χ4v) is 6.71. The van der Waals surface area contributed by atoms with Gasteiger partial charge in [-0.2, -0.15) is 0 Å². The summed E-state index contributed by atoms with van der Waals surface area (Å²) in [5.74, 6) is 1.17. The molecule has 4 fully saturated rings. The van der Waals surface area contributed by atoms with Crippen molar-refractivity contribution in [3.8, 4) is 0 Å². The van der Waals surface area contributed by atoms with Crippen molar-refractivity contribution in [1.29, 1.82) is 0 Å². The number of Topliss-reactive ketones (excluding diaryl/α,β-unsaturated/α-hetero) is 2. The molecule has 0 amide bonds. The first-order valence-electron chi connectivity index (χ1n) is 9.05. The summed E-state index contributed by atoms with van der Waals surface area (Å²) in [6, 6.07) is 0. The summed E-state index contributed by atoms with van der Waals surface area (Å²) < 4.78 is 16.4. The van der Waals surface area contributed by atoms with Gasteiger partial charge in [-0.1, -0.05) is 13.8 Å². The molecular formula is C19H27FO2. The van der Waals surface area contributed by atoms with Gasteiger partial charge in [-0.05, 0) is 56.3 Å². The molecule has 0 N–H and O–H groups in total. The van der Waals surface area contributed by atoms with E-state index in [2.05, 4.69) is 13.8 Å². The Kier molecular flexibility index (Phi) is 2.98. The normalized spacial score (nSPS) is 54.6. The van der Waals surface area contributed by atoms with Crippen molar-refractivity contribution in [3.05, 3.63) is 0 Å². The van der Waals surface area contributed by atoms with Crippen molar-refractivity contribution >= 4 is 11.6 Å². The van der Waals surface area contributed by atoms with Crippen molar-refractivity contribution < 1.29 is 14.0 Å². The highest BCUT2D eigenvalue weighted by molar-refractivity contribution is 5.87. The van der Waals surface area contributed by atoms with E-state index in [9.17, 15) is 9.59 Å². The lowest BCUT2D eigenvalue weighted by Gasteiger charge is -2.62. The van der Waals surface area contributed by atoms with Crippen LogP contribution in [0.5, 0.6) is 0 Å². The smallest absolute Gasteiger partial charge is 0.139 e. The molecule has 4 saturated carbocycles. The van der Waals surface area contributed by atoms with Crippen LogP contribution in [0, 0.1) is 28.6 Å². The van der Waals surface area contributed by atoms with Crippen LogP contribution in [0.1, 0.15) is 71.6 Å². The van der Waals surface area contributed by atoms with E-state index < -0.39 is 5.67 Å². The molecule has 4 rings (SSSR count). The highest BCUT2D eigenvalue weighted by Gasteiger charge is 2.68. The van der Waals surface area contributed by atoms with E-state index in [0.29, 0.717) is 50.1 Å². The molecule has 0 bridgehead atoms. The Morgan fingerprint density at radius 1 is 0.955 bits per heavy atom. The van der Waals surface area contributed by atoms with Crippen LogP contribution >= 0.6 is 0 Å². The first-order valence-corrected chi connectivity index (χ1v) is 9.05. The molecule has 0 spiro atoms. The first-order chi connectivity index (χ1) is 10.3. The Morgan fingerprint density at radius 3 is 2.50 bits per heavy atom. The summed E-state index contributed by atoms with van der Waals surface area (Å²) in [4.78, 5) is 24.2. The number of rotatable bonds is 0. The predicted octanol–water partition coefficient (Wildman–Crippen LogP) is 4.26. The van der Waals surface area contributed by atoms with Crippen LogP contribution in [0.15, 0.2) is 0 Å². The molecule has 2 nitrogen and oxygen atoms in total. The van der Waals surface area contributed by atoms with E-state index in [1.54, 1.807) is 0 Å². The molecule has 4 aliphatic carbocycles. The molecule has 0 saturated heterocycles. The Balaban J connectivity index is 1.72. The average molecular weight is 306 g/mol. The van der Waals surface area contributed by atoms with Crippen LogP contribution in [-0.4, -0.2) is 17.2 Å². The SMILES string of the molecule is C[C@]12CCC(=O)CC1CC[C@H]1[C@@H]3CCC(=O)[C@@]3(C)CC[C@]12F. The van der Waals surface area contributed by atoms with Crippen molar-refractivity contribution in [2.24, 2.45) is 28.6 Å². The van der Waals surface area contributed by atoms with Gasteiger partial charge in [0.2, 0.25) is 0 Å². The zero-order valence-electron chi connectivity index (χ0n) is 13.8. The number of hydrogen-bond acceptors (Lipinski definition) is 2. The van der Waals surface area contributed by atoms with E-state index in [-0.39, 0.29) is 28.6 Å². The minimum Gasteiger partial charge on any atom is -0.300 e. The summed E-state index contributed by atoms with van der Waals surface area (Å²) in [6.45, 7) is 4.20. The van der Waals surface area contributed by atoms with E-state index in [0.717, 1.165) is 19.3 Å². The molecule has 0 aromatic carbocycles. The van der Waals surface area contributed by atoms with Crippen molar-refractivity contribution in [2.45, 2.75) is 77.3 Å². The number of halogens is 1. The second-order valence-electron chi connectivity index (χ2n) is 8.89. The standard InChI is InChI=1S/C19H27FO2/c1-17-9-10-19(20)15(14(17)5-6-16(17)22)4-3-12-11-13(21)7-8-18(12,19)2/h12,14-15H,3-11H2,1-2H3/t12?,14-,15-,17-,18-,19-/m0/s1. The Labute approximate surface area is 132 Å². The third-order valence-corrected chi connectivity index (χ3v) is 8.29. The summed E-state index contributed by atoms with van der Waals surface area (Å²) >= 11 is 0. The fourth-order valence-electron chi connectivity index (χ4n) is 6.71. The molecule has 0 aromatic rings. The third-order valence-electron chi connectivity index (χ3n) is 8.29. The van der Waals surface area contributed by atoms with Gasteiger partial charge in [-0.3, -0.25) is 9.59 Å². The van der Waals surface area contributed by atoms with E-state index in [1.165, 1.54) is 0 Å². The maximum Gasteiger partial charge on any atom is 0.139 e. The second-order valence-corrected chi connectivity index (χ2v) is 8.89. The van der Waals surface area contributed by atoms with Crippen LogP contribution in [-0.2, 0) is 9.59 Å². The van der Waals surface area contributed by atoms with Gasteiger partial charge >= 0.3 is 0 Å². The van der Waals surface area contributed by atoms with Crippen LogP contribution in [0.3, 0.4) is 0 Å². The molecule has 0 aromatic heterocycles. The van der Waals surface area contributed by atoms with E-state index in [4.69, 9.17) is 0 Å². The zero-order chi connectivity index (χ0) is 15.8. The molecule has 0 aliphatic heterocycles. The fraction of sp³-hybridized carbons (Fsp3) is 0.895. The van der Waals surface area contributed by atoms with Gasteiger partial charge in [0.05, 0.1) is 0 Å². The van der Waals surface area contributed by atoms with Gasteiger partial charge < -0.3 is 0 Å². The van der Waals surface area contributed by atoms with Crippen LogP contribution in [0.4, 0.5) is 4.39 Å². The quantitative estimate of drug-likeness (QED) is 0.670.